The number of amides is 1. The Labute approximate surface area is 139 Å². The van der Waals surface area contributed by atoms with Gasteiger partial charge in [0.1, 0.15) is 5.75 Å². The zero-order chi connectivity index (χ0) is 16.2. The molecule has 1 amide bonds. The van der Waals surface area contributed by atoms with E-state index in [1.165, 1.54) is 12.0 Å². The fourth-order valence-electron chi connectivity index (χ4n) is 3.89. The summed E-state index contributed by atoms with van der Waals surface area (Å²) in [6.45, 7) is 4.63. The maximum atomic E-state index is 12.4. The normalized spacial score (nSPS) is 26.3. The number of aryl methyl sites for hydroxylation is 1. The maximum absolute atomic E-state index is 12.4. The van der Waals surface area contributed by atoms with Gasteiger partial charge >= 0.3 is 0 Å². The van der Waals surface area contributed by atoms with Gasteiger partial charge in [-0.05, 0) is 55.2 Å². The lowest BCUT2D eigenvalue weighted by Crippen LogP contribution is -2.33. The van der Waals surface area contributed by atoms with Crippen molar-refractivity contribution in [2.45, 2.75) is 45.1 Å². The topological polar surface area (TPSA) is 55.6 Å². The van der Waals surface area contributed by atoms with Crippen LogP contribution < -0.4 is 10.5 Å². The molecule has 1 aliphatic heterocycles. The van der Waals surface area contributed by atoms with Crippen molar-refractivity contribution >= 4 is 5.91 Å². The summed E-state index contributed by atoms with van der Waals surface area (Å²) in [5.74, 6) is 2.36. The number of benzene rings is 1. The first-order valence-corrected chi connectivity index (χ1v) is 8.92. The van der Waals surface area contributed by atoms with Crippen LogP contribution in [0.1, 0.15) is 38.2 Å². The van der Waals surface area contributed by atoms with Crippen molar-refractivity contribution in [3.05, 3.63) is 29.8 Å². The van der Waals surface area contributed by atoms with Crippen LogP contribution in [0.4, 0.5) is 0 Å². The number of carbonyl (C=O) groups is 1. The summed E-state index contributed by atoms with van der Waals surface area (Å²) in [6, 6.07) is 8.41. The van der Waals surface area contributed by atoms with Crippen molar-refractivity contribution in [2.75, 3.05) is 19.7 Å². The largest absolute Gasteiger partial charge is 0.494 e. The van der Waals surface area contributed by atoms with E-state index in [4.69, 9.17) is 10.5 Å². The Balaban J connectivity index is 1.46. The molecule has 2 fully saturated rings. The number of nitrogens with zero attached hydrogens (tertiary/aromatic N) is 1. The summed E-state index contributed by atoms with van der Waals surface area (Å²) in [6.07, 6.45) is 4.71. The second kappa shape index (κ2) is 7.35. The quantitative estimate of drug-likeness (QED) is 0.877. The Bertz CT molecular complexity index is 529. The van der Waals surface area contributed by atoms with Gasteiger partial charge in [0, 0.05) is 25.6 Å². The molecule has 1 aliphatic carbocycles. The van der Waals surface area contributed by atoms with Crippen LogP contribution >= 0.6 is 0 Å². The Morgan fingerprint density at radius 2 is 2.04 bits per heavy atom. The van der Waals surface area contributed by atoms with E-state index in [1.54, 1.807) is 0 Å². The van der Waals surface area contributed by atoms with Crippen LogP contribution in [0.3, 0.4) is 0 Å². The van der Waals surface area contributed by atoms with Crippen molar-refractivity contribution in [1.29, 1.82) is 0 Å². The Morgan fingerprint density at radius 1 is 1.26 bits per heavy atom. The number of ether oxygens (including phenoxy) is 1. The highest BCUT2D eigenvalue weighted by molar-refractivity contribution is 5.76. The van der Waals surface area contributed by atoms with E-state index in [9.17, 15) is 4.79 Å². The zero-order valence-corrected chi connectivity index (χ0v) is 14.0. The minimum atomic E-state index is 0.276. The summed E-state index contributed by atoms with van der Waals surface area (Å²) in [4.78, 5) is 14.5. The Morgan fingerprint density at radius 3 is 2.74 bits per heavy atom. The smallest absolute Gasteiger partial charge is 0.222 e. The van der Waals surface area contributed by atoms with Crippen molar-refractivity contribution in [3.8, 4) is 5.75 Å². The van der Waals surface area contributed by atoms with Gasteiger partial charge in [-0.3, -0.25) is 4.79 Å². The third kappa shape index (κ3) is 3.86. The number of hydrogen-bond donors (Lipinski definition) is 1. The van der Waals surface area contributed by atoms with Crippen LogP contribution in [0, 0.1) is 11.8 Å². The van der Waals surface area contributed by atoms with Crippen LogP contribution in [0.2, 0.25) is 0 Å². The molecule has 1 aromatic carbocycles. The van der Waals surface area contributed by atoms with Gasteiger partial charge in [-0.25, -0.2) is 0 Å². The van der Waals surface area contributed by atoms with Crippen LogP contribution in [-0.2, 0) is 11.2 Å². The highest BCUT2D eigenvalue weighted by atomic mass is 16.5. The lowest BCUT2D eigenvalue weighted by Gasteiger charge is -2.18. The van der Waals surface area contributed by atoms with Gasteiger partial charge in [-0.2, -0.15) is 0 Å². The van der Waals surface area contributed by atoms with Gasteiger partial charge in [0.25, 0.3) is 0 Å². The average Bonchev–Trinajstić information content (AvgIpc) is 3.14. The molecule has 3 unspecified atom stereocenters. The van der Waals surface area contributed by atoms with Gasteiger partial charge in [0.15, 0.2) is 0 Å². The van der Waals surface area contributed by atoms with E-state index < -0.39 is 0 Å². The number of carbonyl (C=O) groups excluding carboxylic acids is 1. The molecule has 3 rings (SSSR count). The zero-order valence-electron chi connectivity index (χ0n) is 14.0. The second-order valence-electron chi connectivity index (χ2n) is 6.96. The molecule has 0 bridgehead atoms. The summed E-state index contributed by atoms with van der Waals surface area (Å²) < 4.78 is 5.58. The Kier molecular flexibility index (Phi) is 5.21. The molecule has 4 heteroatoms. The Hall–Kier alpha value is -1.55. The second-order valence-corrected chi connectivity index (χ2v) is 6.96. The van der Waals surface area contributed by atoms with E-state index in [0.717, 1.165) is 44.7 Å². The predicted octanol–water partition coefficient (Wildman–Crippen LogP) is 2.60. The third-order valence-electron chi connectivity index (χ3n) is 5.29. The molecule has 0 spiro atoms. The van der Waals surface area contributed by atoms with Crippen LogP contribution in [-0.4, -0.2) is 36.5 Å². The molecule has 2 aliphatic rings. The van der Waals surface area contributed by atoms with Crippen LogP contribution in [0.15, 0.2) is 24.3 Å². The first-order chi connectivity index (χ1) is 11.2. The van der Waals surface area contributed by atoms with E-state index >= 15 is 0 Å². The molecule has 4 nitrogen and oxygen atoms in total. The summed E-state index contributed by atoms with van der Waals surface area (Å²) in [7, 11) is 0. The first kappa shape index (κ1) is 16.3. The first-order valence-electron chi connectivity index (χ1n) is 8.92. The average molecular weight is 316 g/mol. The minimum Gasteiger partial charge on any atom is -0.494 e. The molecular formula is C19H28N2O2. The monoisotopic (exact) mass is 316 g/mol. The van der Waals surface area contributed by atoms with Crippen molar-refractivity contribution in [3.63, 3.8) is 0 Å². The number of fused-ring (bicyclic) bond motifs is 1. The summed E-state index contributed by atoms with van der Waals surface area (Å²) >= 11 is 0. The molecule has 23 heavy (non-hydrogen) atoms. The fraction of sp³-hybridized carbons (Fsp3) is 0.632. The molecule has 1 heterocycles. The summed E-state index contributed by atoms with van der Waals surface area (Å²) in [5.41, 5.74) is 7.34. The molecule has 1 saturated carbocycles. The highest BCUT2D eigenvalue weighted by Crippen LogP contribution is 2.37. The number of hydrogen-bond acceptors (Lipinski definition) is 3. The molecule has 126 valence electrons. The SMILES string of the molecule is CCCOc1ccc(CCC(=O)N2CC3CCC(N)C3C2)cc1. The van der Waals surface area contributed by atoms with Crippen LogP contribution in [0.5, 0.6) is 5.75 Å². The molecule has 1 saturated heterocycles. The highest BCUT2D eigenvalue weighted by Gasteiger charge is 2.42. The van der Waals surface area contributed by atoms with Gasteiger partial charge in [-0.1, -0.05) is 19.1 Å². The molecule has 0 aromatic heterocycles. The van der Waals surface area contributed by atoms with Crippen LogP contribution in [0.25, 0.3) is 0 Å². The molecule has 0 radical (unpaired) electrons. The number of rotatable bonds is 6. The van der Waals surface area contributed by atoms with Gasteiger partial charge in [0.05, 0.1) is 6.61 Å². The van der Waals surface area contributed by atoms with E-state index in [1.807, 2.05) is 17.0 Å². The van der Waals surface area contributed by atoms with E-state index in [0.29, 0.717) is 24.3 Å². The van der Waals surface area contributed by atoms with Crippen molar-refractivity contribution in [1.82, 2.24) is 4.90 Å². The summed E-state index contributed by atoms with van der Waals surface area (Å²) in [5, 5.41) is 0. The molecule has 2 N–H and O–H groups in total. The molecular weight excluding hydrogens is 288 g/mol. The molecule has 1 aromatic rings. The van der Waals surface area contributed by atoms with E-state index in [-0.39, 0.29) is 5.91 Å². The minimum absolute atomic E-state index is 0.276. The lowest BCUT2D eigenvalue weighted by molar-refractivity contribution is -0.130. The number of nitrogens with two attached hydrogens (primary N) is 1. The maximum Gasteiger partial charge on any atom is 0.222 e. The number of likely N-dealkylation sites (tertiary alicyclic amines) is 1. The van der Waals surface area contributed by atoms with Crippen molar-refractivity contribution in [2.24, 2.45) is 17.6 Å². The van der Waals surface area contributed by atoms with Gasteiger partial charge in [-0.15, -0.1) is 0 Å². The molecule has 3 atom stereocenters. The predicted molar refractivity (Wildman–Crippen MR) is 91.3 cm³/mol. The van der Waals surface area contributed by atoms with Gasteiger partial charge < -0.3 is 15.4 Å². The lowest BCUT2D eigenvalue weighted by atomic mass is 9.98. The van der Waals surface area contributed by atoms with E-state index in [2.05, 4.69) is 19.1 Å². The van der Waals surface area contributed by atoms with Gasteiger partial charge in [0.2, 0.25) is 5.91 Å². The fourth-order valence-corrected chi connectivity index (χ4v) is 3.89. The third-order valence-corrected chi connectivity index (χ3v) is 5.29. The standard InChI is InChI=1S/C19H28N2O2/c1-2-11-23-16-7-3-14(4-8-16)5-10-19(22)21-12-15-6-9-18(20)17(15)13-21/h3-4,7-8,15,17-18H,2,5-6,9-13,20H2,1H3. The van der Waals surface area contributed by atoms with Crippen molar-refractivity contribution < 1.29 is 9.53 Å².